The minimum absolute atomic E-state index is 0.167. The van der Waals surface area contributed by atoms with Crippen LogP contribution in [0.15, 0.2) is 11.9 Å². The van der Waals surface area contributed by atoms with Crippen molar-refractivity contribution in [2.24, 2.45) is 0 Å². The van der Waals surface area contributed by atoms with Crippen LogP contribution in [0.2, 0.25) is 0 Å². The maximum absolute atomic E-state index is 11.4. The van der Waals surface area contributed by atoms with Gasteiger partial charge in [0.25, 0.3) is 0 Å². The van der Waals surface area contributed by atoms with E-state index in [4.69, 9.17) is 0 Å². The van der Waals surface area contributed by atoms with Crippen molar-refractivity contribution in [2.75, 3.05) is 0 Å². The Labute approximate surface area is 35.5 Å². The Bertz CT molecular complexity index is 75.6. The summed E-state index contributed by atoms with van der Waals surface area (Å²) in [7, 11) is 0. The zero-order chi connectivity index (χ0) is 4.99. The number of allylic oxidation sites excluding steroid dienone is 2. The van der Waals surface area contributed by atoms with Crippen molar-refractivity contribution >= 4 is 6.29 Å². The predicted molar refractivity (Wildman–Crippen MR) is 20.9 cm³/mol. The molecule has 34 valence electrons. The first-order valence-electron chi connectivity index (χ1n) is 1.58. The molecule has 0 aliphatic heterocycles. The van der Waals surface area contributed by atoms with Crippen molar-refractivity contribution in [1.29, 1.82) is 0 Å². The molecule has 1 nitrogen and oxygen atoms in total. The second-order valence-electron chi connectivity index (χ2n) is 0.791. The molecule has 0 aromatic carbocycles. The van der Waals surface area contributed by atoms with Crippen LogP contribution >= 0.6 is 0 Å². The summed E-state index contributed by atoms with van der Waals surface area (Å²) in [5.74, 6) is -0.713. The fourth-order valence-corrected chi connectivity index (χ4v) is 0.0680. The van der Waals surface area contributed by atoms with Gasteiger partial charge in [0.2, 0.25) is 0 Å². The summed E-state index contributed by atoms with van der Waals surface area (Å²) in [5, 5.41) is 0. The molecule has 0 unspecified atom stereocenters. The molecule has 0 bridgehead atoms. The molecular formula is C4H5FO. The number of rotatable bonds is 1. The van der Waals surface area contributed by atoms with Gasteiger partial charge in [0.1, 0.15) is 0 Å². The average molecular weight is 88.1 g/mol. The summed E-state index contributed by atoms with van der Waals surface area (Å²) in [5.41, 5.74) is 0. The van der Waals surface area contributed by atoms with Gasteiger partial charge in [-0.25, -0.2) is 4.39 Å². The normalized spacial score (nSPS) is 11.3. The predicted octanol–water partition coefficient (Wildman–Crippen LogP) is 1.06. The van der Waals surface area contributed by atoms with Crippen LogP contribution in [0.5, 0.6) is 0 Å². The van der Waals surface area contributed by atoms with Crippen molar-refractivity contribution in [3.8, 4) is 0 Å². The van der Waals surface area contributed by atoms with E-state index in [1.165, 1.54) is 6.92 Å². The minimum Gasteiger partial charge on any atom is -0.295 e. The summed E-state index contributed by atoms with van der Waals surface area (Å²) in [6.07, 6.45) is 1.27. The lowest BCUT2D eigenvalue weighted by Crippen LogP contribution is -1.66. The van der Waals surface area contributed by atoms with Crippen LogP contribution in [0, 0.1) is 0 Å². The van der Waals surface area contributed by atoms with Gasteiger partial charge in [0, 0.05) is 0 Å². The molecule has 0 radical (unpaired) electrons. The third kappa shape index (κ3) is 1.64. The summed E-state index contributed by atoms with van der Waals surface area (Å²) in [6, 6.07) is 0. The van der Waals surface area contributed by atoms with E-state index in [-0.39, 0.29) is 6.29 Å². The quantitative estimate of drug-likeness (QED) is 0.346. The highest BCUT2D eigenvalue weighted by Gasteiger charge is 1.79. The van der Waals surface area contributed by atoms with Crippen molar-refractivity contribution in [1.82, 2.24) is 0 Å². The molecule has 0 fully saturated rings. The van der Waals surface area contributed by atoms with E-state index in [1.807, 2.05) is 0 Å². The van der Waals surface area contributed by atoms with E-state index in [1.54, 1.807) is 0 Å². The number of hydrogen-bond donors (Lipinski definition) is 0. The zero-order valence-electron chi connectivity index (χ0n) is 3.44. The van der Waals surface area contributed by atoms with Gasteiger partial charge in [-0.15, -0.1) is 0 Å². The SMILES string of the molecule is C/C=C(\F)C=O. The van der Waals surface area contributed by atoms with Gasteiger partial charge in [-0.3, -0.25) is 4.79 Å². The van der Waals surface area contributed by atoms with Crippen LogP contribution in [0.3, 0.4) is 0 Å². The van der Waals surface area contributed by atoms with Gasteiger partial charge in [0.05, 0.1) is 0 Å². The number of carbonyl (C=O) groups excluding carboxylic acids is 1. The third-order valence-corrected chi connectivity index (χ3v) is 0.388. The maximum atomic E-state index is 11.4. The Morgan fingerprint density at radius 1 is 1.83 bits per heavy atom. The monoisotopic (exact) mass is 88.0 g/mol. The lowest BCUT2D eigenvalue weighted by atomic mass is 10.5. The van der Waals surface area contributed by atoms with Crippen molar-refractivity contribution in [2.45, 2.75) is 6.92 Å². The van der Waals surface area contributed by atoms with Crippen LogP contribution in [-0.2, 0) is 4.79 Å². The molecule has 0 rings (SSSR count). The van der Waals surface area contributed by atoms with E-state index in [0.29, 0.717) is 0 Å². The number of hydrogen-bond acceptors (Lipinski definition) is 1. The first-order chi connectivity index (χ1) is 2.81. The molecule has 0 saturated carbocycles. The molecule has 0 atom stereocenters. The zero-order valence-corrected chi connectivity index (χ0v) is 3.44. The van der Waals surface area contributed by atoms with Crippen molar-refractivity contribution in [3.63, 3.8) is 0 Å². The second kappa shape index (κ2) is 2.57. The van der Waals surface area contributed by atoms with Crippen LogP contribution in [0.1, 0.15) is 6.92 Å². The van der Waals surface area contributed by atoms with E-state index >= 15 is 0 Å². The highest BCUT2D eigenvalue weighted by molar-refractivity contribution is 5.69. The molecule has 0 aromatic rings. The smallest absolute Gasteiger partial charge is 0.178 e. The average Bonchev–Trinajstić information content (AvgIpc) is 1.65. The lowest BCUT2D eigenvalue weighted by Gasteiger charge is -1.68. The Kier molecular flexibility index (Phi) is 2.29. The molecule has 0 saturated heterocycles. The van der Waals surface area contributed by atoms with Gasteiger partial charge >= 0.3 is 0 Å². The number of halogens is 1. The van der Waals surface area contributed by atoms with Crippen LogP contribution in [0.25, 0.3) is 0 Å². The summed E-state index contributed by atoms with van der Waals surface area (Å²) in [6.45, 7) is 1.46. The minimum atomic E-state index is -0.713. The molecule has 0 heterocycles. The van der Waals surface area contributed by atoms with Gasteiger partial charge in [0.15, 0.2) is 12.1 Å². The Balaban J connectivity index is 3.50. The molecule has 0 amide bonds. The molecule has 0 aliphatic rings. The standard InChI is InChI=1S/C4H5FO/c1-2-4(5)3-6/h2-3H,1H3/b4-2-. The summed E-state index contributed by atoms with van der Waals surface area (Å²) >= 11 is 0. The van der Waals surface area contributed by atoms with E-state index in [2.05, 4.69) is 0 Å². The summed E-state index contributed by atoms with van der Waals surface area (Å²) < 4.78 is 11.4. The largest absolute Gasteiger partial charge is 0.295 e. The highest BCUT2D eigenvalue weighted by atomic mass is 19.1. The van der Waals surface area contributed by atoms with E-state index < -0.39 is 5.83 Å². The fourth-order valence-electron chi connectivity index (χ4n) is 0.0680. The molecular weight excluding hydrogens is 83.0 g/mol. The second-order valence-corrected chi connectivity index (χ2v) is 0.791. The molecule has 0 N–H and O–H groups in total. The first kappa shape index (κ1) is 5.34. The van der Waals surface area contributed by atoms with Crippen LogP contribution in [-0.4, -0.2) is 6.29 Å². The summed E-state index contributed by atoms with van der Waals surface area (Å²) in [4.78, 5) is 9.29. The van der Waals surface area contributed by atoms with Crippen molar-refractivity contribution < 1.29 is 9.18 Å². The molecule has 0 spiro atoms. The fraction of sp³-hybridized carbons (Fsp3) is 0.250. The van der Waals surface area contributed by atoms with Gasteiger partial charge in [-0.05, 0) is 13.0 Å². The third-order valence-electron chi connectivity index (χ3n) is 0.388. The molecule has 0 aromatic heterocycles. The van der Waals surface area contributed by atoms with Crippen LogP contribution < -0.4 is 0 Å². The molecule has 2 heteroatoms. The van der Waals surface area contributed by atoms with Gasteiger partial charge in [-0.1, -0.05) is 0 Å². The van der Waals surface area contributed by atoms with Gasteiger partial charge < -0.3 is 0 Å². The number of carbonyl (C=O) groups is 1. The van der Waals surface area contributed by atoms with E-state index in [9.17, 15) is 9.18 Å². The Morgan fingerprint density at radius 2 is 2.33 bits per heavy atom. The highest BCUT2D eigenvalue weighted by Crippen LogP contribution is 1.85. The van der Waals surface area contributed by atoms with E-state index in [0.717, 1.165) is 6.08 Å². The van der Waals surface area contributed by atoms with Crippen molar-refractivity contribution in [3.05, 3.63) is 11.9 Å². The molecule has 0 aliphatic carbocycles. The molecule has 6 heavy (non-hydrogen) atoms. The maximum Gasteiger partial charge on any atom is 0.178 e. The number of aldehydes is 1. The Morgan fingerprint density at radius 3 is 2.33 bits per heavy atom. The van der Waals surface area contributed by atoms with Crippen LogP contribution in [0.4, 0.5) is 4.39 Å². The first-order valence-corrected chi connectivity index (χ1v) is 1.58. The lowest BCUT2D eigenvalue weighted by molar-refractivity contribution is -0.106. The Hall–Kier alpha value is -0.660. The topological polar surface area (TPSA) is 17.1 Å². The van der Waals surface area contributed by atoms with Gasteiger partial charge in [-0.2, -0.15) is 0 Å².